The molecule has 1 N–H and O–H groups in total. The third kappa shape index (κ3) is 1.86. The summed E-state index contributed by atoms with van der Waals surface area (Å²) < 4.78 is 2.02. The molecule has 1 aromatic heterocycles. The zero-order valence-corrected chi connectivity index (χ0v) is 9.64. The highest BCUT2D eigenvalue weighted by Crippen LogP contribution is 2.21. The monoisotopic (exact) mass is 216 g/mol. The number of fused-ring (bicyclic) bond motifs is 1. The Morgan fingerprint density at radius 3 is 2.81 bits per heavy atom. The first-order valence-electron chi connectivity index (χ1n) is 5.37. The van der Waals surface area contributed by atoms with Gasteiger partial charge in [0.25, 0.3) is 0 Å². The van der Waals surface area contributed by atoms with Gasteiger partial charge in [0.1, 0.15) is 11.9 Å². The molecule has 0 aliphatic rings. The average Bonchev–Trinajstić information content (AvgIpc) is 2.57. The summed E-state index contributed by atoms with van der Waals surface area (Å²) in [5.74, 6) is 0.698. The van der Waals surface area contributed by atoms with Gasteiger partial charge in [-0.3, -0.25) is 0 Å². The molecule has 1 atom stereocenters. The number of imidazole rings is 1. The fraction of sp³-hybridized carbons (Fsp3) is 0.308. The summed E-state index contributed by atoms with van der Waals surface area (Å²) >= 11 is 0. The van der Waals surface area contributed by atoms with E-state index in [1.807, 2.05) is 35.8 Å². The fourth-order valence-electron chi connectivity index (χ4n) is 1.85. The molecule has 0 bridgehead atoms. The molecule has 0 spiro atoms. The first kappa shape index (κ1) is 10.9. The van der Waals surface area contributed by atoms with Crippen molar-refractivity contribution in [1.82, 2.24) is 9.55 Å². The smallest absolute Gasteiger partial charge is 0.138 e. The summed E-state index contributed by atoms with van der Waals surface area (Å²) in [4.78, 5) is 4.44. The van der Waals surface area contributed by atoms with Crippen LogP contribution in [0, 0.1) is 0 Å². The van der Waals surface area contributed by atoms with Crippen LogP contribution >= 0.6 is 0 Å². The van der Waals surface area contributed by atoms with Crippen molar-refractivity contribution in [2.24, 2.45) is 0 Å². The Morgan fingerprint density at radius 1 is 1.50 bits per heavy atom. The van der Waals surface area contributed by atoms with Crippen LogP contribution < -0.4 is 0 Å². The SMILES string of the molecule is C=C(C)Cn1c([C@@H](C)O)nc2ccccc21. The first-order valence-corrected chi connectivity index (χ1v) is 5.37. The van der Waals surface area contributed by atoms with Gasteiger partial charge < -0.3 is 9.67 Å². The van der Waals surface area contributed by atoms with Crippen molar-refractivity contribution in [3.8, 4) is 0 Å². The van der Waals surface area contributed by atoms with Crippen LogP contribution in [0.1, 0.15) is 25.8 Å². The molecule has 0 fully saturated rings. The van der Waals surface area contributed by atoms with Crippen molar-refractivity contribution >= 4 is 11.0 Å². The maximum absolute atomic E-state index is 9.71. The van der Waals surface area contributed by atoms with Gasteiger partial charge in [-0.2, -0.15) is 0 Å². The van der Waals surface area contributed by atoms with Gasteiger partial charge in [-0.1, -0.05) is 24.3 Å². The largest absolute Gasteiger partial charge is 0.385 e. The summed E-state index contributed by atoms with van der Waals surface area (Å²) in [5.41, 5.74) is 3.01. The van der Waals surface area contributed by atoms with Gasteiger partial charge >= 0.3 is 0 Å². The Kier molecular flexibility index (Phi) is 2.79. The number of nitrogens with zero attached hydrogens (tertiary/aromatic N) is 2. The molecule has 0 unspecified atom stereocenters. The first-order chi connectivity index (χ1) is 7.59. The van der Waals surface area contributed by atoms with Crippen LogP contribution in [0.25, 0.3) is 11.0 Å². The summed E-state index contributed by atoms with van der Waals surface area (Å²) in [7, 11) is 0. The molecule has 3 nitrogen and oxygen atoms in total. The Morgan fingerprint density at radius 2 is 2.19 bits per heavy atom. The van der Waals surface area contributed by atoms with E-state index >= 15 is 0 Å². The highest BCUT2D eigenvalue weighted by molar-refractivity contribution is 5.76. The summed E-state index contributed by atoms with van der Waals surface area (Å²) in [6.45, 7) is 8.31. The van der Waals surface area contributed by atoms with Gasteiger partial charge in [-0.25, -0.2) is 4.98 Å². The number of aromatic nitrogens is 2. The topological polar surface area (TPSA) is 38.0 Å². The third-order valence-corrected chi connectivity index (χ3v) is 2.49. The number of aliphatic hydroxyl groups is 1. The van der Waals surface area contributed by atoms with Gasteiger partial charge in [-0.15, -0.1) is 0 Å². The lowest BCUT2D eigenvalue weighted by Crippen LogP contribution is -2.07. The maximum Gasteiger partial charge on any atom is 0.138 e. The van der Waals surface area contributed by atoms with Crippen LogP contribution in [0.3, 0.4) is 0 Å². The van der Waals surface area contributed by atoms with Crippen molar-refractivity contribution in [2.45, 2.75) is 26.5 Å². The van der Waals surface area contributed by atoms with Gasteiger partial charge in [0.15, 0.2) is 0 Å². The van der Waals surface area contributed by atoms with E-state index in [0.717, 1.165) is 16.6 Å². The predicted molar refractivity (Wildman–Crippen MR) is 65.2 cm³/mol. The van der Waals surface area contributed by atoms with Gasteiger partial charge in [-0.05, 0) is 26.0 Å². The third-order valence-electron chi connectivity index (χ3n) is 2.49. The van der Waals surface area contributed by atoms with E-state index < -0.39 is 6.10 Å². The Labute approximate surface area is 95.0 Å². The molecule has 2 aromatic rings. The molecule has 0 saturated heterocycles. The number of rotatable bonds is 3. The van der Waals surface area contributed by atoms with Crippen LogP contribution in [-0.4, -0.2) is 14.7 Å². The molecule has 0 radical (unpaired) electrons. The minimum Gasteiger partial charge on any atom is -0.385 e. The molecular weight excluding hydrogens is 200 g/mol. The van der Waals surface area contributed by atoms with E-state index in [1.54, 1.807) is 6.92 Å². The van der Waals surface area contributed by atoms with Crippen molar-refractivity contribution in [2.75, 3.05) is 0 Å². The number of aliphatic hydroxyl groups excluding tert-OH is 1. The molecule has 1 heterocycles. The zero-order valence-electron chi connectivity index (χ0n) is 9.64. The van der Waals surface area contributed by atoms with Crippen LogP contribution in [0.4, 0.5) is 0 Å². The van der Waals surface area contributed by atoms with Gasteiger partial charge in [0, 0.05) is 6.54 Å². The number of para-hydroxylation sites is 2. The van der Waals surface area contributed by atoms with Crippen LogP contribution in [0.15, 0.2) is 36.4 Å². The fourth-order valence-corrected chi connectivity index (χ4v) is 1.85. The van der Waals surface area contributed by atoms with E-state index in [1.165, 1.54) is 0 Å². The Bertz CT molecular complexity index is 526. The van der Waals surface area contributed by atoms with E-state index in [-0.39, 0.29) is 0 Å². The van der Waals surface area contributed by atoms with Crippen molar-refractivity contribution in [1.29, 1.82) is 0 Å². The number of benzene rings is 1. The molecule has 2 rings (SSSR count). The van der Waals surface area contributed by atoms with Crippen molar-refractivity contribution < 1.29 is 5.11 Å². The quantitative estimate of drug-likeness (QED) is 0.801. The van der Waals surface area contributed by atoms with E-state index in [9.17, 15) is 5.11 Å². The van der Waals surface area contributed by atoms with E-state index in [0.29, 0.717) is 12.4 Å². The van der Waals surface area contributed by atoms with Gasteiger partial charge in [0.05, 0.1) is 11.0 Å². The molecule has 3 heteroatoms. The lowest BCUT2D eigenvalue weighted by atomic mass is 10.3. The van der Waals surface area contributed by atoms with Crippen molar-refractivity contribution in [3.05, 3.63) is 42.2 Å². The Balaban J connectivity index is 2.64. The highest BCUT2D eigenvalue weighted by Gasteiger charge is 2.13. The summed E-state index contributed by atoms with van der Waals surface area (Å²) in [5, 5.41) is 9.71. The molecule has 1 aromatic carbocycles. The average molecular weight is 216 g/mol. The predicted octanol–water partition coefficient (Wildman–Crippen LogP) is 2.67. The minimum absolute atomic E-state index is 0.563. The van der Waals surface area contributed by atoms with E-state index in [4.69, 9.17) is 0 Å². The van der Waals surface area contributed by atoms with Gasteiger partial charge in [0.2, 0.25) is 0 Å². The number of allylic oxidation sites excluding steroid dienone is 1. The molecule has 84 valence electrons. The zero-order chi connectivity index (χ0) is 11.7. The lowest BCUT2D eigenvalue weighted by Gasteiger charge is -2.10. The number of hydrogen-bond acceptors (Lipinski definition) is 2. The Hall–Kier alpha value is -1.61. The standard InChI is InChI=1S/C13H16N2O/c1-9(2)8-15-12-7-5-4-6-11(12)14-13(15)10(3)16/h4-7,10,16H,1,8H2,2-3H3/t10-/m1/s1. The normalized spacial score (nSPS) is 12.9. The lowest BCUT2D eigenvalue weighted by molar-refractivity contribution is 0.185. The second-order valence-corrected chi connectivity index (χ2v) is 4.18. The molecule has 0 aliphatic heterocycles. The van der Waals surface area contributed by atoms with Crippen LogP contribution in [-0.2, 0) is 6.54 Å². The molecule has 0 aliphatic carbocycles. The molecule has 16 heavy (non-hydrogen) atoms. The van der Waals surface area contributed by atoms with Crippen LogP contribution in [0.5, 0.6) is 0 Å². The maximum atomic E-state index is 9.71. The van der Waals surface area contributed by atoms with E-state index in [2.05, 4.69) is 11.6 Å². The minimum atomic E-state index is -0.563. The molecule has 0 saturated carbocycles. The molecule has 0 amide bonds. The highest BCUT2D eigenvalue weighted by atomic mass is 16.3. The van der Waals surface area contributed by atoms with Crippen molar-refractivity contribution in [3.63, 3.8) is 0 Å². The second kappa shape index (κ2) is 4.10. The number of hydrogen-bond donors (Lipinski definition) is 1. The van der Waals surface area contributed by atoms with Crippen LogP contribution in [0.2, 0.25) is 0 Å². The molecular formula is C13H16N2O. The summed E-state index contributed by atoms with van der Waals surface area (Å²) in [6, 6.07) is 7.89. The second-order valence-electron chi connectivity index (χ2n) is 4.18. The summed E-state index contributed by atoms with van der Waals surface area (Å²) in [6.07, 6.45) is -0.563.